The highest BCUT2D eigenvalue weighted by Gasteiger charge is 2.12. The van der Waals surface area contributed by atoms with Crippen LogP contribution in [0.5, 0.6) is 5.88 Å². The van der Waals surface area contributed by atoms with E-state index in [1.54, 1.807) is 6.07 Å². The predicted octanol–water partition coefficient (Wildman–Crippen LogP) is 2.27. The Balaban J connectivity index is 2.78. The molecule has 100 valence electrons. The Morgan fingerprint density at radius 1 is 1.39 bits per heavy atom. The lowest BCUT2D eigenvalue weighted by Crippen LogP contribution is -2.13. The van der Waals surface area contributed by atoms with Crippen LogP contribution in [-0.2, 0) is 4.74 Å². The minimum atomic E-state index is -0.498. The van der Waals surface area contributed by atoms with Crippen molar-refractivity contribution in [2.24, 2.45) is 5.92 Å². The fourth-order valence-electron chi connectivity index (χ4n) is 1.51. The van der Waals surface area contributed by atoms with Crippen molar-refractivity contribution in [3.05, 3.63) is 17.8 Å². The summed E-state index contributed by atoms with van der Waals surface area (Å²) in [4.78, 5) is 15.4. The third kappa shape index (κ3) is 3.61. The van der Waals surface area contributed by atoms with Gasteiger partial charge in [0.2, 0.25) is 5.88 Å². The Morgan fingerprint density at radius 3 is 2.61 bits per heavy atom. The lowest BCUT2D eigenvalue weighted by molar-refractivity contribution is 0.0592. The number of hydrogen-bond donors (Lipinski definition) is 1. The molecule has 1 aromatic heterocycles. The minimum Gasteiger partial charge on any atom is -0.476 e. The number of methoxy groups -OCH3 is 1. The van der Waals surface area contributed by atoms with Crippen LogP contribution >= 0.6 is 0 Å². The van der Waals surface area contributed by atoms with Crippen molar-refractivity contribution in [1.29, 1.82) is 0 Å². The predicted molar refractivity (Wildman–Crippen MR) is 69.6 cm³/mol. The Labute approximate surface area is 107 Å². The van der Waals surface area contributed by atoms with Crippen molar-refractivity contribution in [2.75, 3.05) is 19.5 Å². The standard InChI is InChI=1S/C13H20N2O3/c1-4-9(5-2)8-18-12-10(14)6-7-11(15-12)13(16)17-3/h6-7,9H,4-5,8,14H2,1-3H3. The second-order valence-electron chi connectivity index (χ2n) is 4.08. The molecule has 0 aliphatic carbocycles. The van der Waals surface area contributed by atoms with Gasteiger partial charge in [-0.25, -0.2) is 9.78 Å². The van der Waals surface area contributed by atoms with Crippen LogP contribution in [0.15, 0.2) is 12.1 Å². The highest BCUT2D eigenvalue weighted by molar-refractivity contribution is 5.87. The minimum absolute atomic E-state index is 0.200. The van der Waals surface area contributed by atoms with Gasteiger partial charge in [0.05, 0.1) is 19.4 Å². The zero-order valence-corrected chi connectivity index (χ0v) is 11.1. The van der Waals surface area contributed by atoms with Crippen molar-refractivity contribution in [3.63, 3.8) is 0 Å². The van der Waals surface area contributed by atoms with E-state index < -0.39 is 5.97 Å². The molecule has 0 amide bonds. The van der Waals surface area contributed by atoms with Gasteiger partial charge in [0.1, 0.15) is 0 Å². The first-order chi connectivity index (χ1) is 8.62. The van der Waals surface area contributed by atoms with Gasteiger partial charge in [-0.05, 0) is 18.1 Å². The van der Waals surface area contributed by atoms with Gasteiger partial charge < -0.3 is 15.2 Å². The van der Waals surface area contributed by atoms with E-state index in [1.165, 1.54) is 13.2 Å². The number of rotatable bonds is 6. The van der Waals surface area contributed by atoms with Crippen LogP contribution in [0.3, 0.4) is 0 Å². The van der Waals surface area contributed by atoms with E-state index in [9.17, 15) is 4.79 Å². The summed E-state index contributed by atoms with van der Waals surface area (Å²) in [7, 11) is 1.31. The molecule has 18 heavy (non-hydrogen) atoms. The number of nitrogens with two attached hydrogens (primary N) is 1. The van der Waals surface area contributed by atoms with Crippen molar-refractivity contribution < 1.29 is 14.3 Å². The largest absolute Gasteiger partial charge is 0.476 e. The van der Waals surface area contributed by atoms with E-state index in [0.717, 1.165) is 12.8 Å². The molecule has 0 saturated heterocycles. The average molecular weight is 252 g/mol. The van der Waals surface area contributed by atoms with Gasteiger partial charge in [0.25, 0.3) is 0 Å². The van der Waals surface area contributed by atoms with Gasteiger partial charge >= 0.3 is 5.97 Å². The van der Waals surface area contributed by atoms with E-state index in [-0.39, 0.29) is 5.69 Å². The highest BCUT2D eigenvalue weighted by Crippen LogP contribution is 2.20. The fourth-order valence-corrected chi connectivity index (χ4v) is 1.51. The third-order valence-electron chi connectivity index (χ3n) is 2.89. The lowest BCUT2D eigenvalue weighted by atomic mass is 10.1. The molecule has 1 aromatic rings. The molecule has 1 heterocycles. The zero-order chi connectivity index (χ0) is 13.5. The summed E-state index contributed by atoms with van der Waals surface area (Å²) >= 11 is 0. The van der Waals surface area contributed by atoms with Crippen molar-refractivity contribution in [1.82, 2.24) is 4.98 Å². The SMILES string of the molecule is CCC(CC)COc1nc(C(=O)OC)ccc1N. The van der Waals surface area contributed by atoms with Gasteiger partial charge in [-0.2, -0.15) is 0 Å². The van der Waals surface area contributed by atoms with Crippen LogP contribution in [0.4, 0.5) is 5.69 Å². The Hall–Kier alpha value is -1.78. The topological polar surface area (TPSA) is 74.4 Å². The molecule has 0 radical (unpaired) electrons. The van der Waals surface area contributed by atoms with Gasteiger partial charge in [0, 0.05) is 0 Å². The molecule has 5 nitrogen and oxygen atoms in total. The molecule has 0 aliphatic rings. The molecular formula is C13H20N2O3. The van der Waals surface area contributed by atoms with Crippen molar-refractivity contribution >= 4 is 11.7 Å². The second-order valence-corrected chi connectivity index (χ2v) is 4.08. The number of nitrogen functional groups attached to an aromatic ring is 1. The van der Waals surface area contributed by atoms with Gasteiger partial charge in [-0.1, -0.05) is 26.7 Å². The highest BCUT2D eigenvalue weighted by atomic mass is 16.5. The van der Waals surface area contributed by atoms with Crippen LogP contribution < -0.4 is 10.5 Å². The molecule has 2 N–H and O–H groups in total. The second kappa shape index (κ2) is 6.83. The summed E-state index contributed by atoms with van der Waals surface area (Å²) in [5.41, 5.74) is 6.39. The van der Waals surface area contributed by atoms with Crippen LogP contribution in [0.1, 0.15) is 37.2 Å². The molecule has 0 atom stereocenters. The number of carbonyl (C=O) groups excluding carboxylic acids is 1. The molecule has 0 aromatic carbocycles. The number of carbonyl (C=O) groups is 1. The molecule has 0 fully saturated rings. The number of aromatic nitrogens is 1. The smallest absolute Gasteiger partial charge is 0.356 e. The summed E-state index contributed by atoms with van der Waals surface area (Å²) in [6, 6.07) is 3.12. The summed E-state index contributed by atoms with van der Waals surface area (Å²) in [6.45, 7) is 4.77. The number of nitrogens with zero attached hydrogens (tertiary/aromatic N) is 1. The quantitative estimate of drug-likeness (QED) is 0.786. The van der Waals surface area contributed by atoms with Crippen molar-refractivity contribution in [3.8, 4) is 5.88 Å². The fraction of sp³-hybridized carbons (Fsp3) is 0.538. The maximum Gasteiger partial charge on any atom is 0.356 e. The van der Waals surface area contributed by atoms with Gasteiger partial charge in [-0.3, -0.25) is 0 Å². The number of esters is 1. The molecule has 0 spiro atoms. The normalized spacial score (nSPS) is 10.4. The van der Waals surface area contributed by atoms with Crippen LogP contribution in [0.25, 0.3) is 0 Å². The molecule has 0 unspecified atom stereocenters. The monoisotopic (exact) mass is 252 g/mol. The van der Waals surface area contributed by atoms with Crippen molar-refractivity contribution in [2.45, 2.75) is 26.7 Å². The number of pyridine rings is 1. The zero-order valence-electron chi connectivity index (χ0n) is 11.1. The van der Waals surface area contributed by atoms with E-state index >= 15 is 0 Å². The summed E-state index contributed by atoms with van der Waals surface area (Å²) in [6.07, 6.45) is 2.07. The van der Waals surface area contributed by atoms with E-state index in [2.05, 4.69) is 23.6 Å². The van der Waals surface area contributed by atoms with Crippen LogP contribution in [0, 0.1) is 5.92 Å². The Bertz CT molecular complexity index is 403. The molecular weight excluding hydrogens is 232 g/mol. The van der Waals surface area contributed by atoms with Crippen LogP contribution in [-0.4, -0.2) is 24.7 Å². The number of anilines is 1. The molecule has 0 saturated carbocycles. The number of ether oxygens (including phenoxy) is 2. The first-order valence-corrected chi connectivity index (χ1v) is 6.09. The molecule has 0 aliphatic heterocycles. The van der Waals surface area contributed by atoms with E-state index in [1.807, 2.05) is 0 Å². The van der Waals surface area contributed by atoms with E-state index in [0.29, 0.717) is 24.1 Å². The van der Waals surface area contributed by atoms with Gasteiger partial charge in [-0.15, -0.1) is 0 Å². The first-order valence-electron chi connectivity index (χ1n) is 6.09. The van der Waals surface area contributed by atoms with Gasteiger partial charge in [0.15, 0.2) is 5.69 Å². The number of hydrogen-bond acceptors (Lipinski definition) is 5. The van der Waals surface area contributed by atoms with Crippen LogP contribution in [0.2, 0.25) is 0 Å². The average Bonchev–Trinajstić information content (AvgIpc) is 2.40. The molecule has 5 heteroatoms. The lowest BCUT2D eigenvalue weighted by Gasteiger charge is -2.14. The maximum absolute atomic E-state index is 11.3. The maximum atomic E-state index is 11.3. The third-order valence-corrected chi connectivity index (χ3v) is 2.89. The Kier molecular flexibility index (Phi) is 5.42. The summed E-state index contributed by atoms with van der Waals surface area (Å²) in [5.74, 6) is 0.264. The first kappa shape index (κ1) is 14.3. The summed E-state index contributed by atoms with van der Waals surface area (Å²) in [5, 5.41) is 0. The summed E-state index contributed by atoms with van der Waals surface area (Å²) < 4.78 is 10.2. The van der Waals surface area contributed by atoms with E-state index in [4.69, 9.17) is 10.5 Å². The Morgan fingerprint density at radius 2 is 2.06 bits per heavy atom. The molecule has 1 rings (SSSR count). The molecule has 0 bridgehead atoms.